The second-order valence-electron chi connectivity index (χ2n) is 4.65. The van der Waals surface area contributed by atoms with Crippen molar-refractivity contribution in [3.63, 3.8) is 0 Å². The SMILES string of the molecule is CCNC(Cc1cncs1)CC1CCCCO1. The number of ether oxygens (including phenoxy) is 1. The minimum atomic E-state index is 0.459. The van der Waals surface area contributed by atoms with E-state index < -0.39 is 0 Å². The Morgan fingerprint density at radius 2 is 2.53 bits per heavy atom. The minimum absolute atomic E-state index is 0.459. The molecular weight excluding hydrogens is 232 g/mol. The van der Waals surface area contributed by atoms with Gasteiger partial charge in [-0.15, -0.1) is 11.3 Å². The summed E-state index contributed by atoms with van der Waals surface area (Å²) in [6.07, 6.45) is 8.44. The molecule has 1 aliphatic heterocycles. The van der Waals surface area contributed by atoms with Crippen LogP contribution in [0.1, 0.15) is 37.5 Å². The van der Waals surface area contributed by atoms with E-state index in [1.807, 2.05) is 11.7 Å². The summed E-state index contributed by atoms with van der Waals surface area (Å²) in [4.78, 5) is 5.51. The van der Waals surface area contributed by atoms with E-state index in [0.717, 1.165) is 26.0 Å². The predicted octanol–water partition coefficient (Wildman–Crippen LogP) is 2.62. The van der Waals surface area contributed by atoms with E-state index in [-0.39, 0.29) is 0 Å². The second-order valence-corrected chi connectivity index (χ2v) is 5.62. The molecule has 0 aliphatic carbocycles. The summed E-state index contributed by atoms with van der Waals surface area (Å²) >= 11 is 1.75. The van der Waals surface area contributed by atoms with Gasteiger partial charge >= 0.3 is 0 Å². The molecule has 1 saturated heterocycles. The van der Waals surface area contributed by atoms with Crippen LogP contribution in [0.3, 0.4) is 0 Å². The van der Waals surface area contributed by atoms with E-state index in [1.54, 1.807) is 11.3 Å². The average Bonchev–Trinajstić information content (AvgIpc) is 2.83. The molecule has 0 radical (unpaired) electrons. The molecule has 1 aliphatic rings. The smallest absolute Gasteiger partial charge is 0.0794 e. The average molecular weight is 254 g/mol. The molecule has 0 saturated carbocycles. The molecule has 2 unspecified atom stereocenters. The van der Waals surface area contributed by atoms with Crippen LogP contribution in [0, 0.1) is 0 Å². The molecule has 1 fully saturated rings. The normalized spacial score (nSPS) is 22.5. The molecule has 1 aromatic rings. The minimum Gasteiger partial charge on any atom is -0.378 e. The lowest BCUT2D eigenvalue weighted by Crippen LogP contribution is -2.36. The summed E-state index contributed by atoms with van der Waals surface area (Å²) in [5, 5.41) is 3.57. The quantitative estimate of drug-likeness (QED) is 0.847. The van der Waals surface area contributed by atoms with Gasteiger partial charge in [-0.05, 0) is 38.6 Å². The van der Waals surface area contributed by atoms with Crippen LogP contribution in [-0.4, -0.2) is 30.3 Å². The molecule has 1 aromatic heterocycles. The van der Waals surface area contributed by atoms with Gasteiger partial charge < -0.3 is 10.1 Å². The van der Waals surface area contributed by atoms with Crippen LogP contribution in [0.2, 0.25) is 0 Å². The van der Waals surface area contributed by atoms with E-state index in [1.165, 1.54) is 24.1 Å². The van der Waals surface area contributed by atoms with Crippen molar-refractivity contribution in [1.29, 1.82) is 0 Å². The first-order chi connectivity index (χ1) is 8.38. The van der Waals surface area contributed by atoms with Crippen molar-refractivity contribution in [1.82, 2.24) is 10.3 Å². The maximum absolute atomic E-state index is 5.82. The zero-order valence-electron chi connectivity index (χ0n) is 10.5. The Bertz CT molecular complexity index is 296. The van der Waals surface area contributed by atoms with Gasteiger partial charge in [0.25, 0.3) is 0 Å². The molecule has 4 heteroatoms. The van der Waals surface area contributed by atoms with Gasteiger partial charge in [0, 0.05) is 23.7 Å². The van der Waals surface area contributed by atoms with Gasteiger partial charge in [0.2, 0.25) is 0 Å². The molecule has 0 aromatic carbocycles. The van der Waals surface area contributed by atoms with E-state index in [9.17, 15) is 0 Å². The lowest BCUT2D eigenvalue weighted by atomic mass is 9.99. The van der Waals surface area contributed by atoms with Crippen molar-refractivity contribution in [3.05, 3.63) is 16.6 Å². The fraction of sp³-hybridized carbons (Fsp3) is 0.769. The number of hydrogen-bond donors (Lipinski definition) is 1. The summed E-state index contributed by atoms with van der Waals surface area (Å²) in [6, 6.07) is 0.531. The van der Waals surface area contributed by atoms with Crippen molar-refractivity contribution in [3.8, 4) is 0 Å². The highest BCUT2D eigenvalue weighted by Gasteiger charge is 2.19. The first kappa shape index (κ1) is 13.0. The zero-order valence-corrected chi connectivity index (χ0v) is 11.3. The van der Waals surface area contributed by atoms with Crippen molar-refractivity contribution in [2.75, 3.05) is 13.2 Å². The maximum atomic E-state index is 5.82. The first-order valence-electron chi connectivity index (χ1n) is 6.61. The Labute approximate surface area is 108 Å². The molecule has 3 nitrogen and oxygen atoms in total. The van der Waals surface area contributed by atoms with Crippen LogP contribution < -0.4 is 5.32 Å². The summed E-state index contributed by atoms with van der Waals surface area (Å²) in [7, 11) is 0. The topological polar surface area (TPSA) is 34.2 Å². The van der Waals surface area contributed by atoms with Gasteiger partial charge in [-0.2, -0.15) is 0 Å². The van der Waals surface area contributed by atoms with Crippen molar-refractivity contribution in [2.45, 2.75) is 51.2 Å². The fourth-order valence-corrected chi connectivity index (χ4v) is 3.10. The monoisotopic (exact) mass is 254 g/mol. The van der Waals surface area contributed by atoms with E-state index in [4.69, 9.17) is 4.74 Å². The van der Waals surface area contributed by atoms with Crippen LogP contribution in [0.25, 0.3) is 0 Å². The lowest BCUT2D eigenvalue weighted by Gasteiger charge is -2.27. The Morgan fingerprint density at radius 1 is 1.59 bits per heavy atom. The maximum Gasteiger partial charge on any atom is 0.0794 e. The molecule has 96 valence electrons. The molecule has 2 rings (SSSR count). The van der Waals surface area contributed by atoms with Gasteiger partial charge in [-0.25, -0.2) is 0 Å². The summed E-state index contributed by atoms with van der Waals surface area (Å²) in [5.74, 6) is 0. The fourth-order valence-electron chi connectivity index (χ4n) is 2.42. The van der Waals surface area contributed by atoms with Crippen LogP contribution in [0.5, 0.6) is 0 Å². The van der Waals surface area contributed by atoms with E-state index >= 15 is 0 Å². The molecule has 1 N–H and O–H groups in total. The largest absolute Gasteiger partial charge is 0.378 e. The highest BCUT2D eigenvalue weighted by Crippen LogP contribution is 2.19. The number of rotatable bonds is 6. The molecule has 0 amide bonds. The zero-order chi connectivity index (χ0) is 11.9. The Kier molecular flexibility index (Phi) is 5.42. The molecule has 0 bridgehead atoms. The molecule has 17 heavy (non-hydrogen) atoms. The van der Waals surface area contributed by atoms with Crippen LogP contribution in [0.4, 0.5) is 0 Å². The Hall–Kier alpha value is -0.450. The van der Waals surface area contributed by atoms with Gasteiger partial charge in [-0.3, -0.25) is 4.98 Å². The van der Waals surface area contributed by atoms with Crippen molar-refractivity contribution in [2.24, 2.45) is 0 Å². The number of thiazole rings is 1. The summed E-state index contributed by atoms with van der Waals surface area (Å²) in [5.41, 5.74) is 1.91. The third-order valence-electron chi connectivity index (χ3n) is 3.25. The molecule has 0 spiro atoms. The summed E-state index contributed by atoms with van der Waals surface area (Å²) < 4.78 is 5.82. The predicted molar refractivity (Wildman–Crippen MR) is 71.5 cm³/mol. The highest BCUT2D eigenvalue weighted by atomic mass is 32.1. The molecule has 2 heterocycles. The first-order valence-corrected chi connectivity index (χ1v) is 7.48. The van der Waals surface area contributed by atoms with E-state index in [2.05, 4.69) is 17.2 Å². The molecule has 2 atom stereocenters. The van der Waals surface area contributed by atoms with Gasteiger partial charge in [0.05, 0.1) is 11.6 Å². The van der Waals surface area contributed by atoms with Gasteiger partial charge in [-0.1, -0.05) is 6.92 Å². The van der Waals surface area contributed by atoms with Crippen molar-refractivity contribution >= 4 is 11.3 Å². The third kappa shape index (κ3) is 4.37. The van der Waals surface area contributed by atoms with Crippen LogP contribution >= 0.6 is 11.3 Å². The Morgan fingerprint density at radius 3 is 3.18 bits per heavy atom. The van der Waals surface area contributed by atoms with Crippen molar-refractivity contribution < 1.29 is 4.74 Å². The standard InChI is InChI=1S/C13H22N2OS/c1-2-15-11(8-13-9-14-10-17-13)7-12-5-3-4-6-16-12/h9-12,15H,2-8H2,1H3. The van der Waals surface area contributed by atoms with E-state index in [0.29, 0.717) is 12.1 Å². The van der Waals surface area contributed by atoms with Crippen LogP contribution in [-0.2, 0) is 11.2 Å². The van der Waals surface area contributed by atoms with Gasteiger partial charge in [0.15, 0.2) is 0 Å². The Balaban J connectivity index is 1.83. The lowest BCUT2D eigenvalue weighted by molar-refractivity contribution is 0.00539. The molecular formula is C13H22N2OS. The number of nitrogens with one attached hydrogen (secondary N) is 1. The summed E-state index contributed by atoms with van der Waals surface area (Å²) in [6.45, 7) is 4.14. The number of nitrogens with zero attached hydrogens (tertiary/aromatic N) is 1. The van der Waals surface area contributed by atoms with Gasteiger partial charge in [0.1, 0.15) is 0 Å². The highest BCUT2D eigenvalue weighted by molar-refractivity contribution is 7.09. The second kappa shape index (κ2) is 7.09. The van der Waals surface area contributed by atoms with Crippen LogP contribution in [0.15, 0.2) is 11.7 Å². The number of likely N-dealkylation sites (N-methyl/N-ethyl adjacent to an activating group) is 1. The number of aromatic nitrogens is 1. The number of hydrogen-bond acceptors (Lipinski definition) is 4. The third-order valence-corrected chi connectivity index (χ3v) is 4.05.